The normalized spacial score (nSPS) is 13.9. The Morgan fingerprint density at radius 2 is 1.38 bits per heavy atom. The molecule has 1 atom stereocenters. The number of nitrogens with one attached hydrogen (secondary N) is 1. The maximum Gasteiger partial charge on any atom is 0.407 e. The zero-order valence-corrected chi connectivity index (χ0v) is 33.5. The molecule has 0 radical (unpaired) electrons. The maximum absolute atomic E-state index is 13.3. The highest BCUT2D eigenvalue weighted by atomic mass is 32.2. The highest BCUT2D eigenvalue weighted by Crippen LogP contribution is 2.29. The Bertz CT molecular complexity index is 2100. The summed E-state index contributed by atoms with van der Waals surface area (Å²) in [7, 11) is -4.02. The monoisotopic (exact) mass is 792 g/mol. The van der Waals surface area contributed by atoms with Crippen LogP contribution >= 0.6 is 0 Å². The summed E-state index contributed by atoms with van der Waals surface area (Å²) in [6.07, 6.45) is 3.87. The van der Waals surface area contributed by atoms with E-state index >= 15 is 0 Å². The van der Waals surface area contributed by atoms with Crippen LogP contribution in [0.5, 0.6) is 5.75 Å². The topological polar surface area (TPSA) is 193 Å². The number of hydroxylamine groups is 2. The lowest BCUT2D eigenvalue weighted by molar-refractivity contribution is -0.221. The summed E-state index contributed by atoms with van der Waals surface area (Å²) in [4.78, 5) is 56.7. The van der Waals surface area contributed by atoms with E-state index in [2.05, 4.69) is 10.4 Å². The third kappa shape index (κ3) is 12.2. The van der Waals surface area contributed by atoms with E-state index in [4.69, 9.17) is 23.6 Å². The van der Waals surface area contributed by atoms with Crippen LogP contribution in [0.2, 0.25) is 0 Å². The van der Waals surface area contributed by atoms with Crippen LogP contribution in [0.1, 0.15) is 81.2 Å². The lowest BCUT2D eigenvalue weighted by atomic mass is 10.1. The zero-order valence-electron chi connectivity index (χ0n) is 32.7. The third-order valence-electron chi connectivity index (χ3n) is 7.77. The number of nitrogens with zero attached hydrogens (tertiary/aromatic N) is 3. The summed E-state index contributed by atoms with van der Waals surface area (Å²) < 4.78 is 48.1. The number of aromatic nitrogens is 2. The molecule has 0 saturated carbocycles. The number of hydrogen-bond acceptors (Lipinski definition) is 11. The minimum atomic E-state index is -4.02. The van der Waals surface area contributed by atoms with Gasteiger partial charge in [-0.15, -0.1) is 5.06 Å². The molecular formula is C40H48N4O11S. The molecular weight excluding hydrogens is 745 g/mol. The number of rotatable bonds is 12. The van der Waals surface area contributed by atoms with Crippen molar-refractivity contribution in [1.82, 2.24) is 20.2 Å². The lowest BCUT2D eigenvalue weighted by Crippen LogP contribution is -2.52. The summed E-state index contributed by atoms with van der Waals surface area (Å²) in [5, 5.41) is 7.72. The van der Waals surface area contributed by atoms with Gasteiger partial charge >= 0.3 is 12.1 Å². The van der Waals surface area contributed by atoms with Gasteiger partial charge in [0.15, 0.2) is 0 Å². The number of hydrogen-bond donors (Lipinski definition) is 2. The molecule has 0 spiro atoms. The molecule has 1 aromatic heterocycles. The molecule has 2 N–H and O–H groups in total. The third-order valence-corrected chi connectivity index (χ3v) is 8.63. The van der Waals surface area contributed by atoms with E-state index in [1.807, 2.05) is 46.0 Å². The van der Waals surface area contributed by atoms with Crippen molar-refractivity contribution in [3.8, 4) is 16.9 Å². The van der Waals surface area contributed by atoms with Crippen LogP contribution in [-0.4, -0.2) is 81.6 Å². The van der Waals surface area contributed by atoms with E-state index in [9.17, 15) is 27.6 Å². The van der Waals surface area contributed by atoms with E-state index < -0.39 is 50.8 Å². The number of carbonyl (C=O) groups is 4. The number of ether oxygens (including phenoxy) is 3. The van der Waals surface area contributed by atoms with Crippen molar-refractivity contribution in [1.29, 1.82) is 0 Å². The fraction of sp³-hybridized carbons (Fsp3) is 0.375. The molecule has 300 valence electrons. The van der Waals surface area contributed by atoms with E-state index in [0.29, 0.717) is 30.3 Å². The van der Waals surface area contributed by atoms with Crippen LogP contribution in [0.15, 0.2) is 90.1 Å². The van der Waals surface area contributed by atoms with Gasteiger partial charge in [0.1, 0.15) is 23.6 Å². The molecule has 3 amide bonds. The number of carbonyl (C=O) groups excluding carboxylic acids is 4. The number of amides is 3. The van der Waals surface area contributed by atoms with Gasteiger partial charge in [0, 0.05) is 24.8 Å². The largest absolute Gasteiger partial charge is 0.490 e. The van der Waals surface area contributed by atoms with Crippen LogP contribution < -0.4 is 10.1 Å². The van der Waals surface area contributed by atoms with E-state index in [1.165, 1.54) is 31.2 Å². The highest BCUT2D eigenvalue weighted by Gasteiger charge is 2.47. The second-order valence-corrected chi connectivity index (χ2v) is 16.6. The molecule has 5 rings (SSSR count). The molecule has 16 heteroatoms. The first kappa shape index (κ1) is 43.2. The molecule has 0 bridgehead atoms. The molecule has 1 aliphatic heterocycles. The van der Waals surface area contributed by atoms with Gasteiger partial charge in [-0.25, -0.2) is 14.4 Å². The summed E-state index contributed by atoms with van der Waals surface area (Å²) >= 11 is 0. The first-order valence-electron chi connectivity index (χ1n) is 17.7. The van der Waals surface area contributed by atoms with Crippen molar-refractivity contribution in [2.45, 2.75) is 90.1 Å². The number of esters is 1. The fourth-order valence-corrected chi connectivity index (χ4v) is 5.50. The van der Waals surface area contributed by atoms with Crippen molar-refractivity contribution < 1.29 is 51.2 Å². The van der Waals surface area contributed by atoms with E-state index in [-0.39, 0.29) is 22.6 Å². The van der Waals surface area contributed by atoms with Crippen molar-refractivity contribution >= 4 is 34.0 Å². The van der Waals surface area contributed by atoms with Crippen LogP contribution in [0.25, 0.3) is 11.1 Å². The van der Waals surface area contributed by atoms with E-state index in [0.717, 1.165) is 16.7 Å². The average molecular weight is 793 g/mol. The molecule has 3 aromatic carbocycles. The van der Waals surface area contributed by atoms with Gasteiger partial charge in [0.2, 0.25) is 5.60 Å². The Balaban J connectivity index is 0.000000544. The second-order valence-electron chi connectivity index (χ2n) is 15.1. The van der Waals surface area contributed by atoms with Gasteiger partial charge in [0.25, 0.3) is 21.9 Å². The molecule has 0 aliphatic carbocycles. The number of aryl methyl sites for hydroxylation is 2. The van der Waals surface area contributed by atoms with E-state index in [1.54, 1.807) is 68.0 Å². The van der Waals surface area contributed by atoms with Gasteiger partial charge in [-0.1, -0.05) is 42.0 Å². The SMILES string of the molecule is CC(C)(C)OC(=O)NCCCn1cc(-c2ccc(OCC(C)(ON3C(=O)c4ccccc4C3=O)C(=O)OC(C)(C)C)cc2)cn1.Cc1ccc(S(=O)(=O)O)cc1. The van der Waals surface area contributed by atoms with Crippen LogP contribution in [-0.2, 0) is 35.8 Å². The number of imide groups is 1. The molecule has 1 aliphatic rings. The molecule has 15 nitrogen and oxygen atoms in total. The Kier molecular flexibility index (Phi) is 13.5. The average Bonchev–Trinajstić information content (AvgIpc) is 3.67. The summed E-state index contributed by atoms with van der Waals surface area (Å²) in [6.45, 7) is 14.5. The zero-order chi connectivity index (χ0) is 41.5. The van der Waals surface area contributed by atoms with Gasteiger partial charge in [-0.2, -0.15) is 13.5 Å². The van der Waals surface area contributed by atoms with Crippen molar-refractivity contribution in [3.05, 3.63) is 102 Å². The first-order valence-corrected chi connectivity index (χ1v) is 19.2. The van der Waals surface area contributed by atoms with Crippen LogP contribution in [0.4, 0.5) is 4.79 Å². The van der Waals surface area contributed by atoms with Crippen molar-refractivity contribution in [2.24, 2.45) is 0 Å². The van der Waals surface area contributed by atoms with Crippen LogP contribution in [0.3, 0.4) is 0 Å². The molecule has 0 fully saturated rings. The van der Waals surface area contributed by atoms with Gasteiger partial charge in [-0.3, -0.25) is 18.8 Å². The molecule has 0 saturated heterocycles. The maximum atomic E-state index is 13.3. The quantitative estimate of drug-likeness (QED) is 0.0694. The Morgan fingerprint density at radius 3 is 1.91 bits per heavy atom. The Hall–Kier alpha value is -5.58. The second kappa shape index (κ2) is 17.5. The van der Waals surface area contributed by atoms with Crippen molar-refractivity contribution in [3.63, 3.8) is 0 Å². The predicted octanol–water partition coefficient (Wildman–Crippen LogP) is 6.41. The van der Waals surface area contributed by atoms with Crippen LogP contribution in [0, 0.1) is 6.92 Å². The highest BCUT2D eigenvalue weighted by molar-refractivity contribution is 7.85. The lowest BCUT2D eigenvalue weighted by Gasteiger charge is -2.32. The van der Waals surface area contributed by atoms with Gasteiger partial charge in [0.05, 0.1) is 22.2 Å². The minimum absolute atomic E-state index is 0.0666. The molecule has 1 unspecified atom stereocenters. The molecule has 4 aromatic rings. The summed E-state index contributed by atoms with van der Waals surface area (Å²) in [6, 6.07) is 19.5. The minimum Gasteiger partial charge on any atom is -0.490 e. The Labute approximate surface area is 326 Å². The number of benzene rings is 3. The summed E-state index contributed by atoms with van der Waals surface area (Å²) in [5.74, 6) is -1.71. The van der Waals surface area contributed by atoms with Gasteiger partial charge < -0.3 is 19.5 Å². The van der Waals surface area contributed by atoms with Crippen molar-refractivity contribution in [2.75, 3.05) is 13.2 Å². The number of fused-ring (bicyclic) bond motifs is 1. The smallest absolute Gasteiger partial charge is 0.407 e. The van der Waals surface area contributed by atoms with Gasteiger partial charge in [-0.05, 0) is 104 Å². The number of alkyl carbamates (subject to hydrolysis) is 1. The fourth-order valence-electron chi connectivity index (χ4n) is 5.02. The standard InChI is InChI=1S/C33H40N4O8.C7H8O3S/c1-31(2,3)43-29(40)33(7,45-37-27(38)25-11-8-9-12-26(25)28(37)39)21-42-24-15-13-22(14-16-24)23-19-35-36(20-23)18-10-17-34-30(41)44-32(4,5)6;1-6-2-4-7(5-3-6)11(8,9)10/h8-9,11-16,19-20H,10,17-18,21H2,1-7H3,(H,34,41);2-5H,1H3,(H,8,9,10). The molecule has 2 heterocycles. The predicted molar refractivity (Wildman–Crippen MR) is 205 cm³/mol. The molecule has 56 heavy (non-hydrogen) atoms. The first-order chi connectivity index (χ1) is 26.0. The Morgan fingerprint density at radius 1 is 0.804 bits per heavy atom. The summed E-state index contributed by atoms with van der Waals surface area (Å²) in [5.41, 5.74) is -0.139.